The van der Waals surface area contributed by atoms with Gasteiger partial charge in [-0.15, -0.1) is 0 Å². The number of aromatic nitrogens is 1. The van der Waals surface area contributed by atoms with E-state index in [-0.39, 0.29) is 0 Å². The predicted octanol–water partition coefficient (Wildman–Crippen LogP) is 4.43. The van der Waals surface area contributed by atoms with Gasteiger partial charge < -0.3 is 4.57 Å². The Bertz CT molecular complexity index is 740. The lowest BCUT2D eigenvalue weighted by molar-refractivity contribution is 0.886. The van der Waals surface area contributed by atoms with Crippen molar-refractivity contribution in [1.29, 1.82) is 0 Å². The van der Waals surface area contributed by atoms with Gasteiger partial charge in [-0.3, -0.25) is 0 Å². The molecule has 1 aromatic heterocycles. The van der Waals surface area contributed by atoms with Gasteiger partial charge in [0.15, 0.2) is 0 Å². The minimum Gasteiger partial charge on any atom is -0.336 e. The smallest absolute Gasteiger partial charge is 0.0497 e. The van der Waals surface area contributed by atoms with Gasteiger partial charge in [-0.25, -0.2) is 0 Å². The molecule has 2 heteroatoms. The summed E-state index contributed by atoms with van der Waals surface area (Å²) in [5.41, 5.74) is 5.44. The van der Waals surface area contributed by atoms with Gasteiger partial charge in [0.2, 0.25) is 0 Å². The van der Waals surface area contributed by atoms with E-state index in [0.717, 1.165) is 11.0 Å². The molecule has 0 unspecified atom stereocenters. The third kappa shape index (κ3) is 1.25. The Hall–Kier alpha value is -1.54. The van der Waals surface area contributed by atoms with Crippen molar-refractivity contribution in [3.8, 4) is 11.3 Å². The molecule has 1 aliphatic heterocycles. The molecule has 0 bridgehead atoms. The van der Waals surface area contributed by atoms with Gasteiger partial charge in [-0.05, 0) is 29.8 Å². The first-order valence-corrected chi connectivity index (χ1v) is 6.49. The zero-order valence-electron chi connectivity index (χ0n) is 9.15. The number of hydrogen-bond acceptors (Lipinski definition) is 0. The largest absolute Gasteiger partial charge is 0.336 e. The Morgan fingerprint density at radius 3 is 2.82 bits per heavy atom. The van der Waals surface area contributed by atoms with Crippen LogP contribution in [0.5, 0.6) is 0 Å². The number of halogens is 1. The molecule has 0 N–H and O–H groups in total. The Labute approximate surface area is 108 Å². The maximum absolute atomic E-state index is 3.54. The van der Waals surface area contributed by atoms with Gasteiger partial charge >= 0.3 is 0 Å². The molecule has 0 atom stereocenters. The van der Waals surface area contributed by atoms with Gasteiger partial charge in [0.05, 0.1) is 0 Å². The number of fused-ring (bicyclic) bond motifs is 5. The molecule has 0 fully saturated rings. The lowest BCUT2D eigenvalue weighted by Gasteiger charge is -2.00. The quantitative estimate of drug-likeness (QED) is 0.450. The first kappa shape index (κ1) is 9.49. The second-order valence-corrected chi connectivity index (χ2v) is 5.39. The van der Waals surface area contributed by atoms with Gasteiger partial charge in [-0.1, -0.05) is 40.2 Å². The number of nitrogens with zero attached hydrogens (tertiary/aromatic N) is 1. The Morgan fingerprint density at radius 2 is 1.88 bits per heavy atom. The van der Waals surface area contributed by atoms with Crippen LogP contribution in [0.3, 0.4) is 0 Å². The summed E-state index contributed by atoms with van der Waals surface area (Å²) in [5.74, 6) is 0. The molecule has 3 aromatic rings. The monoisotopic (exact) mass is 283 g/mol. The summed E-state index contributed by atoms with van der Waals surface area (Å²) in [6.07, 6.45) is 0. The summed E-state index contributed by atoms with van der Waals surface area (Å²) in [6.45, 7) is 0.984. The average molecular weight is 284 g/mol. The van der Waals surface area contributed by atoms with Crippen molar-refractivity contribution in [2.24, 2.45) is 0 Å². The van der Waals surface area contributed by atoms with Gasteiger partial charge in [-0.2, -0.15) is 0 Å². The average Bonchev–Trinajstić information content (AvgIpc) is 2.84. The van der Waals surface area contributed by atoms with Gasteiger partial charge in [0.25, 0.3) is 0 Å². The Balaban J connectivity index is 2.06. The van der Waals surface area contributed by atoms with E-state index in [2.05, 4.69) is 69.0 Å². The number of benzene rings is 2. The van der Waals surface area contributed by atoms with Crippen molar-refractivity contribution in [2.75, 3.05) is 0 Å². The van der Waals surface area contributed by atoms with E-state index in [1.165, 1.54) is 27.7 Å². The van der Waals surface area contributed by atoms with Crippen molar-refractivity contribution in [1.82, 2.24) is 4.57 Å². The van der Waals surface area contributed by atoms with Crippen LogP contribution in [0, 0.1) is 0 Å². The van der Waals surface area contributed by atoms with Crippen molar-refractivity contribution in [3.05, 3.63) is 58.6 Å². The van der Waals surface area contributed by atoms with E-state index >= 15 is 0 Å². The molecule has 0 saturated heterocycles. The van der Waals surface area contributed by atoms with Crippen LogP contribution >= 0.6 is 15.9 Å². The summed E-state index contributed by atoms with van der Waals surface area (Å²) in [4.78, 5) is 0. The molecule has 2 heterocycles. The Kier molecular flexibility index (Phi) is 1.80. The molecule has 4 rings (SSSR count). The van der Waals surface area contributed by atoms with E-state index in [9.17, 15) is 0 Å². The summed E-state index contributed by atoms with van der Waals surface area (Å²) < 4.78 is 3.55. The molecule has 0 spiro atoms. The zero-order valence-corrected chi connectivity index (χ0v) is 10.7. The van der Waals surface area contributed by atoms with Crippen LogP contribution in [0.2, 0.25) is 0 Å². The van der Waals surface area contributed by atoms with Gasteiger partial charge in [0, 0.05) is 33.2 Å². The lowest BCUT2D eigenvalue weighted by Crippen LogP contribution is -1.91. The summed E-state index contributed by atoms with van der Waals surface area (Å²) >= 11 is 3.54. The summed E-state index contributed by atoms with van der Waals surface area (Å²) in [5, 5.41) is 1.33. The van der Waals surface area contributed by atoms with Crippen molar-refractivity contribution in [3.63, 3.8) is 0 Å². The van der Waals surface area contributed by atoms with Crippen molar-refractivity contribution in [2.45, 2.75) is 6.54 Å². The normalized spacial score (nSPS) is 12.8. The first-order valence-electron chi connectivity index (χ1n) is 5.70. The molecule has 2 aromatic carbocycles. The van der Waals surface area contributed by atoms with Crippen LogP contribution in [0.25, 0.3) is 22.2 Å². The van der Waals surface area contributed by atoms with Crippen LogP contribution in [0.15, 0.2) is 53.0 Å². The molecule has 0 radical (unpaired) electrons. The lowest BCUT2D eigenvalue weighted by atomic mass is 10.1. The molecule has 1 nitrogen and oxygen atoms in total. The SMILES string of the molecule is Brc1ccc2c(c1)Cn1c-2cc2ccccc21. The minimum atomic E-state index is 0.984. The highest BCUT2D eigenvalue weighted by Crippen LogP contribution is 2.37. The van der Waals surface area contributed by atoms with E-state index < -0.39 is 0 Å². The molecule has 0 saturated carbocycles. The number of rotatable bonds is 0. The fourth-order valence-corrected chi connectivity index (χ4v) is 3.13. The fraction of sp³-hybridized carbons (Fsp3) is 0.0667. The standard InChI is InChI=1S/C15H10BrN/c16-12-5-6-13-11(7-12)9-17-14-4-2-1-3-10(14)8-15(13)17/h1-8H,9H2. The first-order chi connectivity index (χ1) is 8.33. The zero-order chi connectivity index (χ0) is 11.4. The van der Waals surface area contributed by atoms with Crippen LogP contribution < -0.4 is 0 Å². The highest BCUT2D eigenvalue weighted by Gasteiger charge is 2.20. The van der Waals surface area contributed by atoms with Gasteiger partial charge in [0.1, 0.15) is 0 Å². The molecule has 82 valence electrons. The second kappa shape index (κ2) is 3.23. The topological polar surface area (TPSA) is 4.93 Å². The van der Waals surface area contributed by atoms with Crippen LogP contribution in [-0.4, -0.2) is 4.57 Å². The number of hydrogen-bond donors (Lipinski definition) is 0. The molecule has 0 aliphatic carbocycles. The van der Waals surface area contributed by atoms with Crippen LogP contribution in [-0.2, 0) is 6.54 Å². The minimum absolute atomic E-state index is 0.984. The van der Waals surface area contributed by atoms with E-state index in [4.69, 9.17) is 0 Å². The third-order valence-electron chi connectivity index (χ3n) is 3.48. The fourth-order valence-electron chi connectivity index (χ4n) is 2.72. The maximum Gasteiger partial charge on any atom is 0.0497 e. The number of para-hydroxylation sites is 1. The highest BCUT2D eigenvalue weighted by molar-refractivity contribution is 9.10. The van der Waals surface area contributed by atoms with E-state index in [1.807, 2.05) is 0 Å². The third-order valence-corrected chi connectivity index (χ3v) is 3.98. The molecular formula is C15H10BrN. The molecule has 17 heavy (non-hydrogen) atoms. The summed E-state index contributed by atoms with van der Waals surface area (Å²) in [6, 6.07) is 17.4. The van der Waals surface area contributed by atoms with Crippen molar-refractivity contribution < 1.29 is 0 Å². The van der Waals surface area contributed by atoms with E-state index in [0.29, 0.717) is 0 Å². The molecular weight excluding hydrogens is 274 g/mol. The Morgan fingerprint density at radius 1 is 1.00 bits per heavy atom. The highest BCUT2D eigenvalue weighted by atomic mass is 79.9. The summed E-state index contributed by atoms with van der Waals surface area (Å²) in [7, 11) is 0. The molecule has 1 aliphatic rings. The molecule has 0 amide bonds. The predicted molar refractivity (Wildman–Crippen MR) is 74.2 cm³/mol. The second-order valence-electron chi connectivity index (χ2n) is 4.48. The van der Waals surface area contributed by atoms with Crippen LogP contribution in [0.4, 0.5) is 0 Å². The maximum atomic E-state index is 3.54. The van der Waals surface area contributed by atoms with E-state index in [1.54, 1.807) is 0 Å². The van der Waals surface area contributed by atoms with Crippen LogP contribution in [0.1, 0.15) is 5.56 Å². The van der Waals surface area contributed by atoms with Crippen molar-refractivity contribution >= 4 is 26.8 Å².